The van der Waals surface area contributed by atoms with Crippen LogP contribution in [0.1, 0.15) is 46.5 Å². The molecule has 6 nitrogen and oxygen atoms in total. The third-order valence-electron chi connectivity index (χ3n) is 5.49. The summed E-state index contributed by atoms with van der Waals surface area (Å²) in [7, 11) is -5.44. The van der Waals surface area contributed by atoms with Crippen molar-refractivity contribution in [2.75, 3.05) is 19.5 Å². The molecule has 0 aromatic rings. The SMILES string of the molecule is CC(C)(C)[Si](C)(C)OCCC(O)(O)C1CCCC1COS(C)(=O)=O. The van der Waals surface area contributed by atoms with Crippen LogP contribution in [0.4, 0.5) is 0 Å². The van der Waals surface area contributed by atoms with E-state index in [-0.39, 0.29) is 29.9 Å². The first-order valence-electron chi connectivity index (χ1n) is 8.59. The van der Waals surface area contributed by atoms with Gasteiger partial charge in [-0.1, -0.05) is 27.2 Å². The quantitative estimate of drug-likeness (QED) is 0.380. The Balaban J connectivity index is 2.60. The molecular formula is C16H34O6SSi. The minimum atomic E-state index is -3.52. The van der Waals surface area contributed by atoms with Crippen molar-refractivity contribution in [2.24, 2.45) is 11.8 Å². The molecule has 1 saturated carbocycles. The highest BCUT2D eigenvalue weighted by Crippen LogP contribution is 2.41. The smallest absolute Gasteiger partial charge is 0.264 e. The van der Waals surface area contributed by atoms with Crippen LogP contribution in [-0.4, -0.2) is 52.2 Å². The van der Waals surface area contributed by atoms with Crippen molar-refractivity contribution in [3.63, 3.8) is 0 Å². The van der Waals surface area contributed by atoms with E-state index < -0.39 is 24.2 Å². The summed E-state index contributed by atoms with van der Waals surface area (Å²) in [5.41, 5.74) is 0. The summed E-state index contributed by atoms with van der Waals surface area (Å²) in [4.78, 5) is 0. The molecule has 1 aliphatic rings. The Morgan fingerprint density at radius 2 is 1.75 bits per heavy atom. The summed E-state index contributed by atoms with van der Waals surface area (Å²) < 4.78 is 33.2. The second-order valence-corrected chi connectivity index (χ2v) is 15.0. The Kier molecular flexibility index (Phi) is 7.09. The molecule has 0 saturated heterocycles. The fourth-order valence-corrected chi connectivity index (χ4v) is 4.38. The van der Waals surface area contributed by atoms with Crippen LogP contribution in [-0.2, 0) is 18.7 Å². The van der Waals surface area contributed by atoms with Crippen molar-refractivity contribution in [1.29, 1.82) is 0 Å². The zero-order valence-electron chi connectivity index (χ0n) is 15.8. The van der Waals surface area contributed by atoms with Crippen LogP contribution in [0.25, 0.3) is 0 Å². The highest BCUT2D eigenvalue weighted by Gasteiger charge is 2.44. The van der Waals surface area contributed by atoms with Gasteiger partial charge in [-0.15, -0.1) is 0 Å². The van der Waals surface area contributed by atoms with E-state index in [1.54, 1.807) is 0 Å². The largest absolute Gasteiger partial charge is 0.417 e. The van der Waals surface area contributed by atoms with Gasteiger partial charge in [0.05, 0.1) is 12.9 Å². The second-order valence-electron chi connectivity index (χ2n) is 8.52. The van der Waals surface area contributed by atoms with Crippen LogP contribution >= 0.6 is 0 Å². The molecule has 1 fully saturated rings. The average Bonchev–Trinajstić information content (AvgIpc) is 2.82. The number of hydrogen-bond acceptors (Lipinski definition) is 6. The molecular weight excluding hydrogens is 348 g/mol. The van der Waals surface area contributed by atoms with Gasteiger partial charge < -0.3 is 14.6 Å². The van der Waals surface area contributed by atoms with E-state index in [0.29, 0.717) is 13.0 Å². The van der Waals surface area contributed by atoms with E-state index in [1.165, 1.54) is 0 Å². The number of aliphatic hydroxyl groups is 2. The third-order valence-corrected chi connectivity index (χ3v) is 10.6. The maximum absolute atomic E-state index is 11.2. The standard InChI is InChI=1S/C16H34O6SSi/c1-15(2,3)24(5,6)22-11-10-16(17,18)14-9-7-8-13(14)12-21-23(4,19)20/h13-14,17-18H,7-12H2,1-6H3. The minimum absolute atomic E-state index is 0.00939. The first-order chi connectivity index (χ1) is 10.7. The van der Waals surface area contributed by atoms with Crippen LogP contribution in [0.3, 0.4) is 0 Å². The number of hydrogen-bond donors (Lipinski definition) is 2. The molecule has 1 aliphatic carbocycles. The van der Waals surface area contributed by atoms with Crippen molar-refractivity contribution in [2.45, 2.75) is 70.4 Å². The van der Waals surface area contributed by atoms with Crippen LogP contribution in [0.15, 0.2) is 0 Å². The molecule has 0 amide bonds. The number of rotatable bonds is 8. The van der Waals surface area contributed by atoms with Gasteiger partial charge in [0.2, 0.25) is 0 Å². The molecule has 2 N–H and O–H groups in total. The van der Waals surface area contributed by atoms with Crippen molar-refractivity contribution in [3.8, 4) is 0 Å². The zero-order chi connectivity index (χ0) is 18.8. The van der Waals surface area contributed by atoms with Gasteiger partial charge in [-0.05, 0) is 36.9 Å². The first kappa shape index (κ1) is 22.0. The molecule has 0 aromatic heterocycles. The lowest BCUT2D eigenvalue weighted by atomic mass is 9.87. The molecule has 2 unspecified atom stereocenters. The maximum atomic E-state index is 11.2. The molecule has 0 bridgehead atoms. The van der Waals surface area contributed by atoms with Gasteiger partial charge in [-0.2, -0.15) is 8.42 Å². The lowest BCUT2D eigenvalue weighted by molar-refractivity contribution is -0.217. The normalized spacial score (nSPS) is 23.7. The predicted octanol–water partition coefficient (Wildman–Crippen LogP) is 2.47. The van der Waals surface area contributed by atoms with Crippen LogP contribution < -0.4 is 0 Å². The Morgan fingerprint density at radius 3 is 2.25 bits per heavy atom. The minimum Gasteiger partial charge on any atom is -0.417 e. The van der Waals surface area contributed by atoms with Crippen LogP contribution in [0.5, 0.6) is 0 Å². The molecule has 24 heavy (non-hydrogen) atoms. The van der Waals surface area contributed by atoms with Gasteiger partial charge in [-0.25, -0.2) is 0 Å². The van der Waals surface area contributed by atoms with Crippen molar-refractivity contribution in [1.82, 2.24) is 0 Å². The Labute approximate surface area is 147 Å². The summed E-state index contributed by atoms with van der Waals surface area (Å²) >= 11 is 0. The van der Waals surface area contributed by atoms with Gasteiger partial charge in [0, 0.05) is 18.9 Å². The van der Waals surface area contributed by atoms with E-state index in [2.05, 4.69) is 33.9 Å². The lowest BCUT2D eigenvalue weighted by Crippen LogP contribution is -2.45. The van der Waals surface area contributed by atoms with Gasteiger partial charge >= 0.3 is 0 Å². The lowest BCUT2D eigenvalue weighted by Gasteiger charge is -2.38. The molecule has 2 atom stereocenters. The molecule has 0 aromatic carbocycles. The van der Waals surface area contributed by atoms with Crippen molar-refractivity contribution in [3.05, 3.63) is 0 Å². The highest BCUT2D eigenvalue weighted by molar-refractivity contribution is 7.85. The molecule has 0 heterocycles. The van der Waals surface area contributed by atoms with E-state index >= 15 is 0 Å². The fourth-order valence-electron chi connectivity index (χ4n) is 2.91. The van der Waals surface area contributed by atoms with Gasteiger partial charge in [0.1, 0.15) is 0 Å². The molecule has 1 rings (SSSR count). The van der Waals surface area contributed by atoms with Crippen molar-refractivity contribution >= 4 is 18.4 Å². The fraction of sp³-hybridized carbons (Fsp3) is 1.00. The van der Waals surface area contributed by atoms with E-state index in [1.807, 2.05) is 0 Å². The summed E-state index contributed by atoms with van der Waals surface area (Å²) in [6, 6.07) is 0. The maximum Gasteiger partial charge on any atom is 0.264 e. The molecule has 144 valence electrons. The molecule has 0 spiro atoms. The monoisotopic (exact) mass is 382 g/mol. The zero-order valence-corrected chi connectivity index (χ0v) is 17.6. The van der Waals surface area contributed by atoms with E-state index in [0.717, 1.165) is 19.1 Å². The Hall–Kier alpha value is 0.00688. The summed E-state index contributed by atoms with van der Waals surface area (Å²) in [5, 5.41) is 21.1. The second kappa shape index (κ2) is 7.71. The molecule has 8 heteroatoms. The van der Waals surface area contributed by atoms with Gasteiger partial charge in [-0.3, -0.25) is 4.18 Å². The van der Waals surface area contributed by atoms with E-state index in [4.69, 9.17) is 8.61 Å². The summed E-state index contributed by atoms with van der Waals surface area (Å²) in [5.74, 6) is -2.41. The first-order valence-corrected chi connectivity index (χ1v) is 13.3. The highest BCUT2D eigenvalue weighted by atomic mass is 32.2. The third kappa shape index (κ3) is 6.38. The average molecular weight is 383 g/mol. The van der Waals surface area contributed by atoms with Gasteiger partial charge in [0.15, 0.2) is 14.1 Å². The van der Waals surface area contributed by atoms with Crippen LogP contribution in [0.2, 0.25) is 18.1 Å². The van der Waals surface area contributed by atoms with Crippen molar-refractivity contribution < 1.29 is 27.2 Å². The van der Waals surface area contributed by atoms with E-state index in [9.17, 15) is 18.6 Å². The predicted molar refractivity (Wildman–Crippen MR) is 96.6 cm³/mol. The van der Waals surface area contributed by atoms with Gasteiger partial charge in [0.25, 0.3) is 10.1 Å². The molecule has 0 aliphatic heterocycles. The van der Waals surface area contributed by atoms with Crippen LogP contribution in [0, 0.1) is 11.8 Å². The Bertz CT molecular complexity index is 509. The summed E-state index contributed by atoms with van der Waals surface area (Å²) in [6.07, 6.45) is 3.38. The topological polar surface area (TPSA) is 93.1 Å². The Morgan fingerprint density at radius 1 is 1.17 bits per heavy atom. The summed E-state index contributed by atoms with van der Waals surface area (Å²) in [6.45, 7) is 11.0. The molecule has 0 radical (unpaired) electrons.